The number of hydrogen-bond acceptors (Lipinski definition) is 5. The summed E-state index contributed by atoms with van der Waals surface area (Å²) in [6, 6.07) is 15.1. The molecule has 0 bridgehead atoms. The minimum absolute atomic E-state index is 0.0818. The molecule has 0 heterocycles. The van der Waals surface area contributed by atoms with Crippen molar-refractivity contribution in [1.82, 2.24) is 16.2 Å². The fraction of sp³-hybridized carbons (Fsp3) is 0.348. The first-order valence-corrected chi connectivity index (χ1v) is 10.1. The van der Waals surface area contributed by atoms with E-state index in [-0.39, 0.29) is 12.5 Å². The van der Waals surface area contributed by atoms with Gasteiger partial charge in [-0.15, -0.1) is 0 Å². The summed E-state index contributed by atoms with van der Waals surface area (Å²) < 4.78 is 10.4. The van der Waals surface area contributed by atoms with E-state index >= 15 is 0 Å². The number of amides is 3. The minimum atomic E-state index is -0.913. The topological polar surface area (TPSA) is 106 Å². The number of alkyl carbamates (subject to hydrolysis) is 1. The van der Waals surface area contributed by atoms with Crippen molar-refractivity contribution >= 4 is 18.1 Å². The SMILES string of the molecule is C[C@H](NC(=O)OC(C)(C)C)C(=O)NNC(=O)OCC1c2ccccc2-c2ccccc21. The Labute approximate surface area is 181 Å². The van der Waals surface area contributed by atoms with Crippen molar-refractivity contribution in [2.75, 3.05) is 6.61 Å². The Morgan fingerprint density at radius 2 is 1.45 bits per heavy atom. The molecule has 31 heavy (non-hydrogen) atoms. The molecule has 0 fully saturated rings. The summed E-state index contributed by atoms with van der Waals surface area (Å²) in [6.07, 6.45) is -1.52. The number of carbonyl (C=O) groups excluding carboxylic acids is 3. The van der Waals surface area contributed by atoms with Crippen LogP contribution in [0.1, 0.15) is 44.7 Å². The third-order valence-electron chi connectivity index (χ3n) is 4.76. The lowest BCUT2D eigenvalue weighted by molar-refractivity contribution is -0.123. The largest absolute Gasteiger partial charge is 0.447 e. The molecule has 0 aliphatic heterocycles. The van der Waals surface area contributed by atoms with Crippen molar-refractivity contribution in [3.63, 3.8) is 0 Å². The molecule has 2 aromatic rings. The molecule has 0 unspecified atom stereocenters. The smallest absolute Gasteiger partial charge is 0.426 e. The van der Waals surface area contributed by atoms with Crippen LogP contribution in [0.15, 0.2) is 48.5 Å². The zero-order valence-corrected chi connectivity index (χ0v) is 18.0. The predicted molar refractivity (Wildman–Crippen MR) is 115 cm³/mol. The van der Waals surface area contributed by atoms with Crippen molar-refractivity contribution in [3.05, 3.63) is 59.7 Å². The van der Waals surface area contributed by atoms with Crippen molar-refractivity contribution in [3.8, 4) is 11.1 Å². The number of rotatable bonds is 4. The van der Waals surface area contributed by atoms with Crippen molar-refractivity contribution in [1.29, 1.82) is 0 Å². The van der Waals surface area contributed by atoms with Gasteiger partial charge in [-0.2, -0.15) is 0 Å². The third kappa shape index (κ3) is 5.53. The zero-order valence-electron chi connectivity index (χ0n) is 18.0. The monoisotopic (exact) mass is 425 g/mol. The summed E-state index contributed by atoms with van der Waals surface area (Å²) in [5.41, 5.74) is 8.19. The molecule has 164 valence electrons. The lowest BCUT2D eigenvalue weighted by Crippen LogP contribution is -2.51. The van der Waals surface area contributed by atoms with E-state index in [1.54, 1.807) is 20.8 Å². The molecule has 3 rings (SSSR count). The number of nitrogens with one attached hydrogen (secondary N) is 3. The summed E-state index contributed by atoms with van der Waals surface area (Å²) in [5.74, 6) is -0.694. The molecule has 0 saturated heterocycles. The number of hydrazine groups is 1. The summed E-state index contributed by atoms with van der Waals surface area (Å²) in [7, 11) is 0. The van der Waals surface area contributed by atoms with Gasteiger partial charge in [-0.05, 0) is 49.9 Å². The molecule has 2 aromatic carbocycles. The Kier molecular flexibility index (Phi) is 6.48. The molecule has 1 atom stereocenters. The molecular weight excluding hydrogens is 398 g/mol. The second-order valence-corrected chi connectivity index (χ2v) is 8.31. The number of carbonyl (C=O) groups is 3. The fourth-order valence-electron chi connectivity index (χ4n) is 3.41. The number of hydrogen-bond donors (Lipinski definition) is 3. The zero-order chi connectivity index (χ0) is 22.6. The Hall–Kier alpha value is -3.55. The maximum Gasteiger partial charge on any atom is 0.426 e. The standard InChI is InChI=1S/C23H27N3O5/c1-14(24-21(28)31-23(2,3)4)20(27)25-26-22(29)30-13-19-17-11-7-5-9-15(17)16-10-6-8-12-18(16)19/h5-12,14,19H,13H2,1-4H3,(H,24,28)(H,25,27)(H,26,29)/t14-/m0/s1. The van der Waals surface area contributed by atoms with Crippen LogP contribution in [0.2, 0.25) is 0 Å². The van der Waals surface area contributed by atoms with Gasteiger partial charge < -0.3 is 14.8 Å². The number of fused-ring (bicyclic) bond motifs is 3. The van der Waals surface area contributed by atoms with Crippen LogP contribution in [-0.2, 0) is 14.3 Å². The molecule has 8 heteroatoms. The van der Waals surface area contributed by atoms with Gasteiger partial charge in [0.25, 0.3) is 5.91 Å². The highest BCUT2D eigenvalue weighted by Crippen LogP contribution is 2.44. The average Bonchev–Trinajstić information content (AvgIpc) is 3.02. The van der Waals surface area contributed by atoms with E-state index in [0.29, 0.717) is 0 Å². The number of benzene rings is 2. The molecule has 8 nitrogen and oxygen atoms in total. The van der Waals surface area contributed by atoms with E-state index in [4.69, 9.17) is 9.47 Å². The maximum absolute atomic E-state index is 12.1. The van der Waals surface area contributed by atoms with Gasteiger partial charge in [-0.1, -0.05) is 48.5 Å². The third-order valence-corrected chi connectivity index (χ3v) is 4.76. The molecule has 0 spiro atoms. The molecule has 0 aromatic heterocycles. The summed E-state index contributed by atoms with van der Waals surface area (Å²) in [5, 5.41) is 2.39. The summed E-state index contributed by atoms with van der Waals surface area (Å²) in [6.45, 7) is 6.75. The van der Waals surface area contributed by atoms with Gasteiger partial charge in [0, 0.05) is 5.92 Å². The highest BCUT2D eigenvalue weighted by molar-refractivity contribution is 5.86. The highest BCUT2D eigenvalue weighted by atomic mass is 16.6. The van der Waals surface area contributed by atoms with Gasteiger partial charge >= 0.3 is 12.2 Å². The van der Waals surface area contributed by atoms with Crippen LogP contribution in [0.5, 0.6) is 0 Å². The van der Waals surface area contributed by atoms with Crippen LogP contribution >= 0.6 is 0 Å². The average molecular weight is 425 g/mol. The van der Waals surface area contributed by atoms with E-state index in [1.807, 2.05) is 48.5 Å². The Morgan fingerprint density at radius 3 is 2.00 bits per heavy atom. The fourth-order valence-corrected chi connectivity index (χ4v) is 3.41. The van der Waals surface area contributed by atoms with Crippen molar-refractivity contribution in [2.45, 2.75) is 45.3 Å². The summed E-state index contributed by atoms with van der Waals surface area (Å²) in [4.78, 5) is 35.9. The van der Waals surface area contributed by atoms with Gasteiger partial charge in [0.2, 0.25) is 0 Å². The normalized spacial score (nSPS) is 13.4. The maximum atomic E-state index is 12.1. The second-order valence-electron chi connectivity index (χ2n) is 8.31. The minimum Gasteiger partial charge on any atom is -0.447 e. The lowest BCUT2D eigenvalue weighted by atomic mass is 9.98. The molecule has 0 radical (unpaired) electrons. The lowest BCUT2D eigenvalue weighted by Gasteiger charge is -2.21. The van der Waals surface area contributed by atoms with Crippen LogP contribution in [0.25, 0.3) is 11.1 Å². The van der Waals surface area contributed by atoms with E-state index < -0.39 is 29.7 Å². The molecule has 3 amide bonds. The van der Waals surface area contributed by atoms with Crippen molar-refractivity contribution in [2.24, 2.45) is 0 Å². The van der Waals surface area contributed by atoms with E-state index in [1.165, 1.54) is 6.92 Å². The van der Waals surface area contributed by atoms with Gasteiger partial charge in [0.1, 0.15) is 18.2 Å². The quantitative estimate of drug-likeness (QED) is 0.651. The Morgan fingerprint density at radius 1 is 0.903 bits per heavy atom. The van der Waals surface area contributed by atoms with Gasteiger partial charge in [0.15, 0.2) is 0 Å². The van der Waals surface area contributed by atoms with Crippen LogP contribution in [0.4, 0.5) is 9.59 Å². The predicted octanol–water partition coefficient (Wildman–Crippen LogP) is 3.47. The summed E-state index contributed by atoms with van der Waals surface area (Å²) >= 11 is 0. The Balaban J connectivity index is 1.50. The first-order valence-electron chi connectivity index (χ1n) is 10.1. The van der Waals surface area contributed by atoms with Crippen LogP contribution < -0.4 is 16.2 Å². The first-order chi connectivity index (χ1) is 14.7. The van der Waals surface area contributed by atoms with Gasteiger partial charge in [-0.25, -0.2) is 15.0 Å². The number of ether oxygens (including phenoxy) is 2. The van der Waals surface area contributed by atoms with E-state index in [9.17, 15) is 14.4 Å². The van der Waals surface area contributed by atoms with E-state index in [0.717, 1.165) is 22.3 Å². The van der Waals surface area contributed by atoms with Crippen LogP contribution in [0, 0.1) is 0 Å². The van der Waals surface area contributed by atoms with E-state index in [2.05, 4.69) is 16.2 Å². The first kappa shape index (κ1) is 22.1. The second kappa shape index (κ2) is 9.07. The van der Waals surface area contributed by atoms with Gasteiger partial charge in [-0.3, -0.25) is 10.2 Å². The highest BCUT2D eigenvalue weighted by Gasteiger charge is 2.29. The molecular formula is C23H27N3O5. The van der Waals surface area contributed by atoms with Crippen LogP contribution in [-0.4, -0.2) is 36.3 Å². The van der Waals surface area contributed by atoms with Crippen LogP contribution in [0.3, 0.4) is 0 Å². The van der Waals surface area contributed by atoms with Gasteiger partial charge in [0.05, 0.1) is 0 Å². The molecule has 3 N–H and O–H groups in total. The molecule has 1 aliphatic carbocycles. The Bertz CT molecular complexity index is 938. The van der Waals surface area contributed by atoms with Crippen molar-refractivity contribution < 1.29 is 23.9 Å². The molecule has 0 saturated carbocycles. The molecule has 1 aliphatic rings.